The number of hydrogen-bond acceptors (Lipinski definition) is 6. The van der Waals surface area contributed by atoms with Crippen LogP contribution in [0.1, 0.15) is 5.56 Å². The van der Waals surface area contributed by atoms with E-state index in [1.807, 2.05) is 43.3 Å². The SMILES string of the molecule is Cc1ccc(-n2nc3ccc4nc5c(nc4c3n2)OCCO5)cc1. The van der Waals surface area contributed by atoms with Crippen molar-refractivity contribution in [2.75, 3.05) is 13.2 Å². The van der Waals surface area contributed by atoms with Gasteiger partial charge in [0.2, 0.25) is 0 Å². The molecule has 3 heterocycles. The van der Waals surface area contributed by atoms with Crippen LogP contribution in [0.15, 0.2) is 36.4 Å². The molecule has 0 aliphatic carbocycles. The molecule has 1 aliphatic rings. The monoisotopic (exact) mass is 319 g/mol. The largest absolute Gasteiger partial charge is 0.470 e. The number of fused-ring (bicyclic) bond motifs is 4. The topological polar surface area (TPSA) is 75.0 Å². The molecule has 0 spiro atoms. The van der Waals surface area contributed by atoms with E-state index in [1.165, 1.54) is 5.56 Å². The summed E-state index contributed by atoms with van der Waals surface area (Å²) < 4.78 is 11.0. The van der Waals surface area contributed by atoms with Gasteiger partial charge in [-0.15, -0.1) is 10.2 Å². The maximum atomic E-state index is 5.53. The van der Waals surface area contributed by atoms with Crippen LogP contribution in [0, 0.1) is 6.92 Å². The highest BCUT2D eigenvalue weighted by Gasteiger charge is 2.19. The van der Waals surface area contributed by atoms with Gasteiger partial charge < -0.3 is 9.47 Å². The van der Waals surface area contributed by atoms with Crippen molar-refractivity contribution in [2.24, 2.45) is 0 Å². The van der Waals surface area contributed by atoms with Crippen LogP contribution < -0.4 is 9.47 Å². The predicted octanol–water partition coefficient (Wildman–Crippen LogP) is 2.44. The molecule has 0 saturated carbocycles. The van der Waals surface area contributed by atoms with E-state index in [0.717, 1.165) is 11.2 Å². The molecule has 0 bridgehead atoms. The van der Waals surface area contributed by atoms with Gasteiger partial charge in [0, 0.05) is 0 Å². The van der Waals surface area contributed by atoms with E-state index in [0.29, 0.717) is 41.5 Å². The number of ether oxygens (including phenoxy) is 2. The number of rotatable bonds is 1. The number of hydrogen-bond donors (Lipinski definition) is 0. The first-order chi connectivity index (χ1) is 11.8. The van der Waals surface area contributed by atoms with Gasteiger partial charge in [0.05, 0.1) is 11.2 Å². The minimum atomic E-state index is 0.408. The van der Waals surface area contributed by atoms with Gasteiger partial charge in [-0.1, -0.05) is 17.7 Å². The lowest BCUT2D eigenvalue weighted by atomic mass is 10.2. The Labute approximate surface area is 136 Å². The van der Waals surface area contributed by atoms with Crippen LogP contribution in [0.5, 0.6) is 11.8 Å². The molecule has 118 valence electrons. The molecule has 0 unspecified atom stereocenters. The fourth-order valence-electron chi connectivity index (χ4n) is 2.72. The van der Waals surface area contributed by atoms with Gasteiger partial charge in [0.25, 0.3) is 11.8 Å². The molecule has 7 nitrogen and oxygen atoms in total. The highest BCUT2D eigenvalue weighted by Crippen LogP contribution is 2.30. The second-order valence-corrected chi connectivity index (χ2v) is 5.66. The zero-order valence-corrected chi connectivity index (χ0v) is 12.9. The van der Waals surface area contributed by atoms with Gasteiger partial charge >= 0.3 is 0 Å². The lowest BCUT2D eigenvalue weighted by Crippen LogP contribution is -2.17. The van der Waals surface area contributed by atoms with Crippen molar-refractivity contribution in [3.8, 4) is 17.4 Å². The van der Waals surface area contributed by atoms with E-state index < -0.39 is 0 Å². The fourth-order valence-corrected chi connectivity index (χ4v) is 2.72. The third-order valence-corrected chi connectivity index (χ3v) is 3.95. The Hall–Kier alpha value is -3.22. The zero-order chi connectivity index (χ0) is 16.1. The highest BCUT2D eigenvalue weighted by atomic mass is 16.6. The Morgan fingerprint density at radius 3 is 2.29 bits per heavy atom. The minimum Gasteiger partial charge on any atom is -0.470 e. The average Bonchev–Trinajstić information content (AvgIpc) is 3.05. The normalized spacial score (nSPS) is 13.5. The van der Waals surface area contributed by atoms with E-state index >= 15 is 0 Å². The molecular weight excluding hydrogens is 306 g/mol. The molecule has 0 N–H and O–H groups in total. The Kier molecular flexibility index (Phi) is 2.70. The second kappa shape index (κ2) is 4.89. The molecule has 0 saturated heterocycles. The van der Waals surface area contributed by atoms with Crippen LogP contribution in [0.3, 0.4) is 0 Å². The third kappa shape index (κ3) is 1.98. The summed E-state index contributed by atoms with van der Waals surface area (Å²) in [5.74, 6) is 0.838. The molecule has 7 heteroatoms. The molecule has 2 aromatic carbocycles. The van der Waals surface area contributed by atoms with Crippen LogP contribution >= 0.6 is 0 Å². The molecule has 1 aliphatic heterocycles. The van der Waals surface area contributed by atoms with Gasteiger partial charge in [0.1, 0.15) is 29.8 Å². The molecule has 0 radical (unpaired) electrons. The molecule has 0 atom stereocenters. The van der Waals surface area contributed by atoms with Crippen molar-refractivity contribution in [1.82, 2.24) is 25.0 Å². The van der Waals surface area contributed by atoms with Crippen LogP contribution in [0.25, 0.3) is 27.8 Å². The van der Waals surface area contributed by atoms with E-state index in [-0.39, 0.29) is 0 Å². The molecule has 4 aromatic rings. The second-order valence-electron chi connectivity index (χ2n) is 5.66. The molecule has 2 aromatic heterocycles. The third-order valence-electron chi connectivity index (χ3n) is 3.95. The van der Waals surface area contributed by atoms with Crippen LogP contribution in [-0.2, 0) is 0 Å². The summed E-state index contributed by atoms with van der Waals surface area (Å²) in [5, 5.41) is 9.14. The van der Waals surface area contributed by atoms with E-state index in [1.54, 1.807) is 4.80 Å². The van der Waals surface area contributed by atoms with Gasteiger partial charge in [-0.05, 0) is 31.2 Å². The average molecular weight is 319 g/mol. The summed E-state index contributed by atoms with van der Waals surface area (Å²) in [6.07, 6.45) is 0. The van der Waals surface area contributed by atoms with E-state index in [4.69, 9.17) is 9.47 Å². The Bertz CT molecular complexity index is 1070. The van der Waals surface area contributed by atoms with Gasteiger partial charge in [-0.3, -0.25) is 0 Å². The first kappa shape index (κ1) is 13.2. The first-order valence-electron chi connectivity index (χ1n) is 7.68. The number of aryl methyl sites for hydroxylation is 1. The minimum absolute atomic E-state index is 0.408. The maximum Gasteiger partial charge on any atom is 0.278 e. The maximum absolute atomic E-state index is 5.53. The Morgan fingerprint density at radius 2 is 1.50 bits per heavy atom. The van der Waals surface area contributed by atoms with Crippen molar-refractivity contribution >= 4 is 22.1 Å². The summed E-state index contributed by atoms with van der Waals surface area (Å²) in [6.45, 7) is 3.00. The van der Waals surface area contributed by atoms with E-state index in [2.05, 4.69) is 20.2 Å². The summed E-state index contributed by atoms with van der Waals surface area (Å²) in [4.78, 5) is 10.6. The summed E-state index contributed by atoms with van der Waals surface area (Å²) in [7, 11) is 0. The van der Waals surface area contributed by atoms with Crippen molar-refractivity contribution in [2.45, 2.75) is 6.92 Å². The molecule has 0 amide bonds. The zero-order valence-electron chi connectivity index (χ0n) is 12.9. The fraction of sp³-hybridized carbons (Fsp3) is 0.176. The quantitative estimate of drug-likeness (QED) is 0.536. The lowest BCUT2D eigenvalue weighted by Gasteiger charge is -2.16. The van der Waals surface area contributed by atoms with E-state index in [9.17, 15) is 0 Å². The van der Waals surface area contributed by atoms with Gasteiger partial charge in [-0.2, -0.15) is 4.80 Å². The summed E-state index contributed by atoms with van der Waals surface area (Å²) in [6, 6.07) is 11.8. The van der Waals surface area contributed by atoms with Crippen LogP contribution in [-0.4, -0.2) is 38.2 Å². The molecule has 5 rings (SSSR count). The van der Waals surface area contributed by atoms with Crippen LogP contribution in [0.4, 0.5) is 0 Å². The standard InChI is InChI=1S/C17H13N5O2/c1-10-2-4-11(5-3-10)22-20-13-7-6-12-14(15(13)21-22)19-17-16(18-12)23-8-9-24-17/h2-7H,8-9H2,1H3. The first-order valence-corrected chi connectivity index (χ1v) is 7.68. The predicted molar refractivity (Wildman–Crippen MR) is 87.7 cm³/mol. The lowest BCUT2D eigenvalue weighted by molar-refractivity contribution is 0.158. The van der Waals surface area contributed by atoms with Crippen molar-refractivity contribution in [3.63, 3.8) is 0 Å². The van der Waals surface area contributed by atoms with Gasteiger partial charge in [-0.25, -0.2) is 9.97 Å². The van der Waals surface area contributed by atoms with Crippen molar-refractivity contribution in [3.05, 3.63) is 42.0 Å². The van der Waals surface area contributed by atoms with Crippen LogP contribution in [0.2, 0.25) is 0 Å². The number of nitrogens with zero attached hydrogens (tertiary/aromatic N) is 5. The summed E-state index contributed by atoms with van der Waals surface area (Å²) in [5.41, 5.74) is 4.91. The van der Waals surface area contributed by atoms with Crippen molar-refractivity contribution < 1.29 is 9.47 Å². The van der Waals surface area contributed by atoms with Gasteiger partial charge in [0.15, 0.2) is 0 Å². The Morgan fingerprint density at radius 1 is 0.792 bits per heavy atom. The highest BCUT2D eigenvalue weighted by molar-refractivity contribution is 5.99. The molecule has 0 fully saturated rings. The molecule has 24 heavy (non-hydrogen) atoms. The summed E-state index contributed by atoms with van der Waals surface area (Å²) >= 11 is 0. The number of benzene rings is 2. The Balaban J connectivity index is 1.73. The smallest absolute Gasteiger partial charge is 0.278 e. The molecular formula is C17H13N5O2. The number of aromatic nitrogens is 5. The van der Waals surface area contributed by atoms with Crippen molar-refractivity contribution in [1.29, 1.82) is 0 Å².